The number of benzene rings is 1. The number of rotatable bonds is 3. The molecule has 0 unspecified atom stereocenters. The summed E-state index contributed by atoms with van der Waals surface area (Å²) in [5.74, 6) is 0. The lowest BCUT2D eigenvalue weighted by atomic mass is 10.2. The number of hydrogen-bond donors (Lipinski definition) is 3. The fourth-order valence-electron chi connectivity index (χ4n) is 1.27. The molecular weight excluding hydrogens is 290 g/mol. The molecule has 0 aliphatic carbocycles. The molecule has 2 rings (SSSR count). The largest absolute Gasteiger partial charge is 0.397 e. The van der Waals surface area contributed by atoms with Gasteiger partial charge in [-0.2, -0.15) is 0 Å². The molecule has 1 aromatic carbocycles. The van der Waals surface area contributed by atoms with Crippen molar-refractivity contribution in [3.8, 4) is 0 Å². The van der Waals surface area contributed by atoms with Crippen molar-refractivity contribution in [2.24, 2.45) is 0 Å². The van der Waals surface area contributed by atoms with Gasteiger partial charge in [0.1, 0.15) is 0 Å². The minimum Gasteiger partial charge on any atom is -0.397 e. The minimum absolute atomic E-state index is 0.0426. The molecule has 0 spiro atoms. The van der Waals surface area contributed by atoms with Crippen LogP contribution >= 0.6 is 27.3 Å². The van der Waals surface area contributed by atoms with E-state index >= 15 is 0 Å². The topological polar surface area (TPSA) is 70.9 Å². The summed E-state index contributed by atoms with van der Waals surface area (Å²) in [6.45, 7) is 0.555. The molecule has 4 N–H and O–H groups in total. The number of nitrogens with two attached hydrogens (primary N) is 1. The molecule has 0 aliphatic rings. The van der Waals surface area contributed by atoms with Gasteiger partial charge < -0.3 is 16.0 Å². The molecule has 6 heteroatoms. The van der Waals surface area contributed by atoms with E-state index in [-0.39, 0.29) is 4.87 Å². The van der Waals surface area contributed by atoms with Gasteiger partial charge in [0.2, 0.25) is 0 Å². The van der Waals surface area contributed by atoms with E-state index in [9.17, 15) is 4.79 Å². The Balaban J connectivity index is 2.10. The number of nitrogen functional groups attached to an aromatic ring is 1. The molecule has 0 saturated heterocycles. The maximum absolute atomic E-state index is 10.9. The summed E-state index contributed by atoms with van der Waals surface area (Å²) in [7, 11) is 0. The Morgan fingerprint density at radius 3 is 3.00 bits per heavy atom. The van der Waals surface area contributed by atoms with E-state index in [1.54, 1.807) is 5.38 Å². The summed E-state index contributed by atoms with van der Waals surface area (Å²) in [5, 5.41) is 4.96. The van der Waals surface area contributed by atoms with Crippen molar-refractivity contribution < 1.29 is 0 Å². The van der Waals surface area contributed by atoms with Gasteiger partial charge in [0.05, 0.1) is 17.9 Å². The predicted octanol–water partition coefficient (Wildman–Crippen LogP) is 2.39. The standard InChI is InChI=1S/C10H10BrN3OS/c11-6-1-2-8(12)9(3-6)13-4-7-5-16-10(15)14-7/h1-3,5,13H,4,12H2,(H,14,15). The van der Waals surface area contributed by atoms with E-state index in [0.717, 1.165) is 27.2 Å². The van der Waals surface area contributed by atoms with Gasteiger partial charge in [-0.15, -0.1) is 0 Å². The van der Waals surface area contributed by atoms with Crippen molar-refractivity contribution in [2.45, 2.75) is 6.54 Å². The monoisotopic (exact) mass is 299 g/mol. The van der Waals surface area contributed by atoms with Crippen molar-refractivity contribution in [2.75, 3.05) is 11.1 Å². The molecule has 84 valence electrons. The second-order valence-electron chi connectivity index (χ2n) is 3.26. The third-order valence-electron chi connectivity index (χ3n) is 2.06. The Hall–Kier alpha value is -1.27. The lowest BCUT2D eigenvalue weighted by Gasteiger charge is -2.08. The highest BCUT2D eigenvalue weighted by molar-refractivity contribution is 9.10. The number of nitrogens with one attached hydrogen (secondary N) is 2. The van der Waals surface area contributed by atoms with Crippen LogP contribution in [-0.4, -0.2) is 4.98 Å². The van der Waals surface area contributed by atoms with Gasteiger partial charge in [-0.1, -0.05) is 27.3 Å². The Morgan fingerprint density at radius 2 is 2.31 bits per heavy atom. The zero-order chi connectivity index (χ0) is 11.5. The van der Waals surface area contributed by atoms with Crippen LogP contribution in [-0.2, 0) is 6.54 Å². The summed E-state index contributed by atoms with van der Waals surface area (Å²) < 4.78 is 0.961. The van der Waals surface area contributed by atoms with Gasteiger partial charge in [-0.05, 0) is 18.2 Å². The predicted molar refractivity (Wildman–Crippen MR) is 70.8 cm³/mol. The molecule has 0 amide bonds. The Bertz CT molecular complexity index is 549. The molecule has 0 fully saturated rings. The third kappa shape index (κ3) is 2.65. The van der Waals surface area contributed by atoms with Crippen LogP contribution in [0.2, 0.25) is 0 Å². The number of aromatic nitrogens is 1. The summed E-state index contributed by atoms with van der Waals surface area (Å²) in [6.07, 6.45) is 0. The molecular formula is C10H10BrN3OS. The van der Waals surface area contributed by atoms with Crippen LogP contribution in [0.3, 0.4) is 0 Å². The Kier molecular flexibility index (Phi) is 3.31. The highest BCUT2D eigenvalue weighted by Crippen LogP contribution is 2.23. The smallest absolute Gasteiger partial charge is 0.304 e. The van der Waals surface area contributed by atoms with Crippen LogP contribution in [0, 0.1) is 0 Å². The average Bonchev–Trinajstić information content (AvgIpc) is 2.66. The fourth-order valence-corrected chi connectivity index (χ4v) is 2.22. The number of hydrogen-bond acceptors (Lipinski definition) is 4. The average molecular weight is 300 g/mol. The maximum atomic E-state index is 10.9. The quantitative estimate of drug-likeness (QED) is 0.762. The van der Waals surface area contributed by atoms with Crippen LogP contribution < -0.4 is 15.9 Å². The highest BCUT2D eigenvalue weighted by atomic mass is 79.9. The Labute approximate surface area is 105 Å². The first kappa shape index (κ1) is 11.2. The molecule has 0 bridgehead atoms. The van der Waals surface area contributed by atoms with E-state index < -0.39 is 0 Å². The zero-order valence-corrected chi connectivity index (χ0v) is 10.7. The molecule has 4 nitrogen and oxygen atoms in total. The number of anilines is 2. The van der Waals surface area contributed by atoms with E-state index in [1.165, 1.54) is 0 Å². The van der Waals surface area contributed by atoms with Crippen LogP contribution in [0.4, 0.5) is 11.4 Å². The zero-order valence-electron chi connectivity index (χ0n) is 8.29. The van der Waals surface area contributed by atoms with Gasteiger partial charge in [0.15, 0.2) is 0 Å². The van der Waals surface area contributed by atoms with Crippen molar-refractivity contribution in [3.05, 3.63) is 43.4 Å². The summed E-state index contributed by atoms with van der Waals surface area (Å²) in [5.41, 5.74) is 8.19. The first-order valence-electron chi connectivity index (χ1n) is 4.61. The lowest BCUT2D eigenvalue weighted by Crippen LogP contribution is -2.04. The third-order valence-corrected chi connectivity index (χ3v) is 3.27. The molecule has 2 aromatic rings. The van der Waals surface area contributed by atoms with Crippen molar-refractivity contribution >= 4 is 38.6 Å². The number of H-pyrrole nitrogens is 1. The molecule has 0 atom stereocenters. The fraction of sp³-hybridized carbons (Fsp3) is 0.100. The first-order chi connectivity index (χ1) is 7.65. The molecule has 0 aliphatic heterocycles. The second kappa shape index (κ2) is 4.71. The number of thiazole rings is 1. The van der Waals surface area contributed by atoms with Gasteiger partial charge in [-0.3, -0.25) is 4.79 Å². The van der Waals surface area contributed by atoms with Crippen LogP contribution in [0.1, 0.15) is 5.69 Å². The molecule has 16 heavy (non-hydrogen) atoms. The maximum Gasteiger partial charge on any atom is 0.304 e. The SMILES string of the molecule is Nc1ccc(Br)cc1NCc1csc(=O)[nH]1. The van der Waals surface area contributed by atoms with Gasteiger partial charge in [-0.25, -0.2) is 0 Å². The lowest BCUT2D eigenvalue weighted by molar-refractivity contribution is 1.06. The van der Waals surface area contributed by atoms with E-state index in [1.807, 2.05) is 18.2 Å². The van der Waals surface area contributed by atoms with Crippen molar-refractivity contribution in [1.82, 2.24) is 4.98 Å². The van der Waals surface area contributed by atoms with Crippen LogP contribution in [0.25, 0.3) is 0 Å². The molecule has 0 saturated carbocycles. The van der Waals surface area contributed by atoms with Gasteiger partial charge in [0.25, 0.3) is 0 Å². The van der Waals surface area contributed by atoms with E-state index in [0.29, 0.717) is 12.2 Å². The highest BCUT2D eigenvalue weighted by Gasteiger charge is 2.01. The Morgan fingerprint density at radius 1 is 1.50 bits per heavy atom. The molecule has 0 radical (unpaired) electrons. The van der Waals surface area contributed by atoms with Crippen LogP contribution in [0.5, 0.6) is 0 Å². The molecule has 1 heterocycles. The van der Waals surface area contributed by atoms with Crippen molar-refractivity contribution in [3.63, 3.8) is 0 Å². The second-order valence-corrected chi connectivity index (χ2v) is 5.02. The van der Waals surface area contributed by atoms with Gasteiger partial charge >= 0.3 is 4.87 Å². The van der Waals surface area contributed by atoms with Crippen molar-refractivity contribution in [1.29, 1.82) is 0 Å². The molecule has 1 aromatic heterocycles. The van der Waals surface area contributed by atoms with E-state index in [2.05, 4.69) is 26.2 Å². The number of halogens is 1. The minimum atomic E-state index is -0.0426. The van der Waals surface area contributed by atoms with Gasteiger partial charge in [0, 0.05) is 15.5 Å². The van der Waals surface area contributed by atoms with E-state index in [4.69, 9.17) is 5.73 Å². The first-order valence-corrected chi connectivity index (χ1v) is 6.28. The number of aromatic amines is 1. The summed E-state index contributed by atoms with van der Waals surface area (Å²) >= 11 is 4.53. The summed E-state index contributed by atoms with van der Waals surface area (Å²) in [4.78, 5) is 13.6. The van der Waals surface area contributed by atoms with Crippen LogP contribution in [0.15, 0.2) is 32.8 Å². The normalized spacial score (nSPS) is 10.3. The summed E-state index contributed by atoms with van der Waals surface area (Å²) in [6, 6.07) is 5.61.